The molecule has 0 heterocycles. The highest BCUT2D eigenvalue weighted by molar-refractivity contribution is 5.72. The van der Waals surface area contributed by atoms with Crippen LogP contribution >= 0.6 is 0 Å². The third-order valence-electron chi connectivity index (χ3n) is 6.48. The summed E-state index contributed by atoms with van der Waals surface area (Å²) in [5.74, 6) is 1.82. The molecule has 0 saturated heterocycles. The predicted molar refractivity (Wildman–Crippen MR) is 107 cm³/mol. The van der Waals surface area contributed by atoms with Crippen molar-refractivity contribution in [2.75, 3.05) is 0 Å². The van der Waals surface area contributed by atoms with Crippen LogP contribution in [0.3, 0.4) is 0 Å². The lowest BCUT2D eigenvalue weighted by Crippen LogP contribution is -2.05. The van der Waals surface area contributed by atoms with Crippen LogP contribution in [0.4, 0.5) is 0 Å². The first-order valence-electron chi connectivity index (χ1n) is 10.4. The molecule has 0 bridgehead atoms. The molecule has 0 atom stereocenters. The molecule has 0 amide bonds. The van der Waals surface area contributed by atoms with E-state index < -0.39 is 0 Å². The highest BCUT2D eigenvalue weighted by Crippen LogP contribution is 2.41. The number of aromatic hydroxyl groups is 2. The fourth-order valence-corrected chi connectivity index (χ4v) is 4.95. The molecule has 2 aromatic carbocycles. The van der Waals surface area contributed by atoms with Crippen molar-refractivity contribution in [1.82, 2.24) is 0 Å². The minimum absolute atomic E-state index is 0.369. The van der Waals surface area contributed by atoms with Crippen molar-refractivity contribution < 1.29 is 10.2 Å². The molecule has 0 radical (unpaired) electrons. The van der Waals surface area contributed by atoms with Gasteiger partial charge in [-0.1, -0.05) is 56.7 Å². The second kappa shape index (κ2) is 7.73. The molecule has 0 unspecified atom stereocenters. The second-order valence-electron chi connectivity index (χ2n) is 8.22. The number of hydrogen-bond acceptors (Lipinski definition) is 2. The molecule has 2 fully saturated rings. The summed E-state index contributed by atoms with van der Waals surface area (Å²) in [4.78, 5) is 0. The number of benzene rings is 2. The highest BCUT2D eigenvalue weighted by atomic mass is 16.3. The van der Waals surface area contributed by atoms with E-state index in [-0.39, 0.29) is 0 Å². The van der Waals surface area contributed by atoms with Crippen LogP contribution in [-0.4, -0.2) is 10.2 Å². The average Bonchev–Trinajstić information content (AvgIpc) is 2.70. The molecule has 4 rings (SSSR count). The van der Waals surface area contributed by atoms with Gasteiger partial charge in [-0.3, -0.25) is 0 Å². The summed E-state index contributed by atoms with van der Waals surface area (Å²) in [5, 5.41) is 21.0. The Morgan fingerprint density at radius 3 is 1.92 bits per heavy atom. The van der Waals surface area contributed by atoms with Gasteiger partial charge < -0.3 is 10.2 Å². The van der Waals surface area contributed by atoms with E-state index in [9.17, 15) is 10.2 Å². The Hall–Kier alpha value is -1.96. The fourth-order valence-electron chi connectivity index (χ4n) is 4.95. The lowest BCUT2D eigenvalue weighted by molar-refractivity contribution is 0.414. The van der Waals surface area contributed by atoms with E-state index in [1.807, 2.05) is 12.1 Å². The van der Waals surface area contributed by atoms with Crippen LogP contribution < -0.4 is 0 Å². The Morgan fingerprint density at radius 1 is 0.615 bits per heavy atom. The van der Waals surface area contributed by atoms with E-state index in [2.05, 4.69) is 18.2 Å². The number of rotatable bonds is 3. The molecule has 0 spiro atoms. The quantitative estimate of drug-likeness (QED) is 0.635. The summed E-state index contributed by atoms with van der Waals surface area (Å²) in [7, 11) is 0. The Bertz CT molecular complexity index is 753. The molecular formula is C24H30O2. The molecule has 0 aliphatic heterocycles. The van der Waals surface area contributed by atoms with Gasteiger partial charge in [0.2, 0.25) is 0 Å². The van der Waals surface area contributed by atoms with Gasteiger partial charge in [0, 0.05) is 5.56 Å². The zero-order valence-corrected chi connectivity index (χ0v) is 15.6. The van der Waals surface area contributed by atoms with Crippen LogP contribution in [0.2, 0.25) is 0 Å². The van der Waals surface area contributed by atoms with E-state index in [0.717, 1.165) is 29.5 Å². The van der Waals surface area contributed by atoms with E-state index in [4.69, 9.17) is 0 Å². The Balaban J connectivity index is 1.62. The second-order valence-corrected chi connectivity index (χ2v) is 8.22. The van der Waals surface area contributed by atoms with Crippen LogP contribution in [0.15, 0.2) is 36.4 Å². The van der Waals surface area contributed by atoms with Crippen LogP contribution in [0.1, 0.15) is 87.2 Å². The maximum atomic E-state index is 10.7. The average molecular weight is 351 g/mol. The first-order chi connectivity index (χ1) is 12.7. The topological polar surface area (TPSA) is 40.5 Å². The van der Waals surface area contributed by atoms with Crippen LogP contribution in [-0.2, 0) is 0 Å². The number of hydrogen-bond donors (Lipinski definition) is 2. The molecule has 2 aliphatic carbocycles. The van der Waals surface area contributed by atoms with Gasteiger partial charge in [-0.2, -0.15) is 0 Å². The van der Waals surface area contributed by atoms with E-state index in [1.54, 1.807) is 6.07 Å². The van der Waals surface area contributed by atoms with Crippen molar-refractivity contribution in [1.29, 1.82) is 0 Å². The van der Waals surface area contributed by atoms with Gasteiger partial charge in [-0.05, 0) is 72.4 Å². The van der Waals surface area contributed by atoms with Crippen LogP contribution in [0, 0.1) is 0 Å². The molecule has 2 saturated carbocycles. The smallest absolute Gasteiger partial charge is 0.123 e. The largest absolute Gasteiger partial charge is 0.508 e. The summed E-state index contributed by atoms with van der Waals surface area (Å²) in [5.41, 5.74) is 4.22. The zero-order chi connectivity index (χ0) is 17.9. The lowest BCUT2D eigenvalue weighted by Gasteiger charge is -2.24. The molecule has 2 aliphatic rings. The zero-order valence-electron chi connectivity index (χ0n) is 15.6. The van der Waals surface area contributed by atoms with Crippen molar-refractivity contribution in [3.05, 3.63) is 47.5 Å². The first kappa shape index (κ1) is 17.5. The van der Waals surface area contributed by atoms with Crippen molar-refractivity contribution in [3.63, 3.8) is 0 Å². The molecule has 2 nitrogen and oxygen atoms in total. The molecule has 138 valence electrons. The molecule has 2 N–H and O–H groups in total. The molecule has 0 aromatic heterocycles. The maximum absolute atomic E-state index is 10.7. The maximum Gasteiger partial charge on any atom is 0.123 e. The van der Waals surface area contributed by atoms with Gasteiger partial charge >= 0.3 is 0 Å². The van der Waals surface area contributed by atoms with Crippen LogP contribution in [0.25, 0.3) is 11.1 Å². The van der Waals surface area contributed by atoms with Gasteiger partial charge in [0.25, 0.3) is 0 Å². The normalized spacial score (nSPS) is 19.5. The van der Waals surface area contributed by atoms with E-state index >= 15 is 0 Å². The van der Waals surface area contributed by atoms with Crippen molar-refractivity contribution in [3.8, 4) is 22.6 Å². The van der Waals surface area contributed by atoms with Gasteiger partial charge in [0.05, 0.1) is 0 Å². The molecular weight excluding hydrogens is 320 g/mol. The summed E-state index contributed by atoms with van der Waals surface area (Å²) >= 11 is 0. The van der Waals surface area contributed by atoms with Crippen molar-refractivity contribution >= 4 is 0 Å². The Morgan fingerprint density at radius 2 is 1.27 bits per heavy atom. The fraction of sp³-hybridized carbons (Fsp3) is 0.500. The monoisotopic (exact) mass is 350 g/mol. The van der Waals surface area contributed by atoms with Gasteiger partial charge in [-0.25, -0.2) is 0 Å². The standard InChI is InChI=1S/C24H30O2/c25-23-14-12-20(15-22(23)18-9-5-2-6-10-18)21-13-11-19(16-24(21)26)17-7-3-1-4-8-17/h11-18,25-26H,1-10H2. The Kier molecular flexibility index (Phi) is 5.19. The summed E-state index contributed by atoms with van der Waals surface area (Å²) in [6.07, 6.45) is 12.5. The molecule has 2 heteroatoms. The van der Waals surface area contributed by atoms with Gasteiger partial charge in [0.1, 0.15) is 11.5 Å². The minimum Gasteiger partial charge on any atom is -0.508 e. The molecule has 2 aromatic rings. The number of phenols is 2. The minimum atomic E-state index is 0.369. The summed E-state index contributed by atoms with van der Waals surface area (Å²) in [6, 6.07) is 12.1. The van der Waals surface area contributed by atoms with Crippen molar-refractivity contribution in [2.24, 2.45) is 0 Å². The third kappa shape index (κ3) is 3.60. The van der Waals surface area contributed by atoms with Crippen LogP contribution in [0.5, 0.6) is 11.5 Å². The highest BCUT2D eigenvalue weighted by Gasteiger charge is 2.21. The third-order valence-corrected chi connectivity index (χ3v) is 6.48. The van der Waals surface area contributed by atoms with Crippen molar-refractivity contribution in [2.45, 2.75) is 76.0 Å². The lowest BCUT2D eigenvalue weighted by atomic mass is 9.82. The Labute approximate surface area is 156 Å². The van der Waals surface area contributed by atoms with Gasteiger partial charge in [0.15, 0.2) is 0 Å². The van der Waals surface area contributed by atoms with E-state index in [0.29, 0.717) is 23.3 Å². The summed E-state index contributed by atoms with van der Waals surface area (Å²) < 4.78 is 0. The first-order valence-corrected chi connectivity index (χ1v) is 10.4. The van der Waals surface area contributed by atoms with Gasteiger partial charge in [-0.15, -0.1) is 0 Å². The predicted octanol–water partition coefficient (Wildman–Crippen LogP) is 6.86. The summed E-state index contributed by atoms with van der Waals surface area (Å²) in [6.45, 7) is 0. The number of phenolic OH excluding ortho intramolecular Hbond substituents is 2. The molecule has 26 heavy (non-hydrogen) atoms. The van der Waals surface area contributed by atoms with E-state index in [1.165, 1.54) is 56.9 Å². The SMILES string of the molecule is Oc1cc(C2CCCCC2)ccc1-c1ccc(O)c(C2CCCCC2)c1.